The molecule has 0 saturated carbocycles. The Kier molecular flexibility index (Phi) is 4.34. The van der Waals surface area contributed by atoms with Crippen LogP contribution in [0.3, 0.4) is 0 Å². The summed E-state index contributed by atoms with van der Waals surface area (Å²) in [7, 11) is 0. The van der Waals surface area contributed by atoms with Crippen molar-refractivity contribution in [3.8, 4) is 12.3 Å². The van der Waals surface area contributed by atoms with Gasteiger partial charge in [0.1, 0.15) is 0 Å². The zero-order valence-electron chi connectivity index (χ0n) is 9.99. The molecule has 1 fully saturated rings. The van der Waals surface area contributed by atoms with Crippen LogP contribution in [0.5, 0.6) is 0 Å². The third-order valence-electron chi connectivity index (χ3n) is 3.00. The number of aliphatic hydroxyl groups is 1. The lowest BCUT2D eigenvalue weighted by atomic mass is 9.94. The van der Waals surface area contributed by atoms with E-state index in [9.17, 15) is 9.90 Å². The van der Waals surface area contributed by atoms with Crippen LogP contribution in [0.15, 0.2) is 0 Å². The van der Waals surface area contributed by atoms with Crippen LogP contribution >= 0.6 is 0 Å². The Balaban J connectivity index is 2.50. The van der Waals surface area contributed by atoms with Gasteiger partial charge >= 0.3 is 0 Å². The highest BCUT2D eigenvalue weighted by molar-refractivity contribution is 5.81. The lowest BCUT2D eigenvalue weighted by Crippen LogP contribution is -2.54. The first-order valence-corrected chi connectivity index (χ1v) is 5.64. The average Bonchev–Trinajstić information content (AvgIpc) is 2.23. The summed E-state index contributed by atoms with van der Waals surface area (Å²) < 4.78 is 0. The van der Waals surface area contributed by atoms with Crippen LogP contribution in [0, 0.1) is 12.3 Å². The van der Waals surface area contributed by atoms with Gasteiger partial charge in [-0.25, -0.2) is 0 Å². The van der Waals surface area contributed by atoms with E-state index >= 15 is 0 Å². The van der Waals surface area contributed by atoms with Crippen molar-refractivity contribution in [1.82, 2.24) is 10.2 Å². The minimum absolute atomic E-state index is 0.0735. The molecule has 0 aromatic carbocycles. The summed E-state index contributed by atoms with van der Waals surface area (Å²) >= 11 is 0. The number of rotatable bonds is 3. The zero-order chi connectivity index (χ0) is 12.2. The fourth-order valence-corrected chi connectivity index (χ4v) is 2.04. The predicted octanol–water partition coefficient (Wildman–Crippen LogP) is -0.0289. The molecule has 1 saturated heterocycles. The quantitative estimate of drug-likeness (QED) is 0.662. The molecule has 1 rings (SSSR count). The van der Waals surface area contributed by atoms with Crippen molar-refractivity contribution >= 4 is 5.91 Å². The molecular weight excluding hydrogens is 204 g/mol. The molecule has 90 valence electrons. The van der Waals surface area contributed by atoms with E-state index in [-0.39, 0.29) is 18.5 Å². The molecule has 2 N–H and O–H groups in total. The van der Waals surface area contributed by atoms with Crippen molar-refractivity contribution in [2.45, 2.75) is 38.3 Å². The van der Waals surface area contributed by atoms with Crippen LogP contribution in [0.4, 0.5) is 0 Å². The molecule has 1 amide bonds. The Morgan fingerprint density at radius 3 is 3.00 bits per heavy atom. The number of hydrogen-bond acceptors (Lipinski definition) is 3. The summed E-state index contributed by atoms with van der Waals surface area (Å²) in [6.45, 7) is 5.30. The summed E-state index contributed by atoms with van der Waals surface area (Å²) in [4.78, 5) is 13.7. The Morgan fingerprint density at radius 2 is 2.44 bits per heavy atom. The maximum atomic E-state index is 11.7. The van der Waals surface area contributed by atoms with Crippen molar-refractivity contribution < 1.29 is 9.90 Å². The van der Waals surface area contributed by atoms with E-state index in [2.05, 4.69) is 11.2 Å². The Morgan fingerprint density at radius 1 is 1.75 bits per heavy atom. The second kappa shape index (κ2) is 5.33. The highest BCUT2D eigenvalue weighted by Gasteiger charge is 2.32. The van der Waals surface area contributed by atoms with E-state index in [1.54, 1.807) is 0 Å². The molecule has 0 spiro atoms. The number of hydrogen-bond donors (Lipinski definition) is 2. The zero-order valence-corrected chi connectivity index (χ0v) is 9.99. The van der Waals surface area contributed by atoms with E-state index in [1.807, 2.05) is 18.7 Å². The van der Waals surface area contributed by atoms with Gasteiger partial charge in [0.2, 0.25) is 5.91 Å². The molecule has 2 unspecified atom stereocenters. The van der Waals surface area contributed by atoms with Crippen molar-refractivity contribution in [2.24, 2.45) is 0 Å². The highest BCUT2D eigenvalue weighted by atomic mass is 16.3. The van der Waals surface area contributed by atoms with E-state index in [0.717, 1.165) is 19.4 Å². The minimum Gasteiger partial charge on any atom is -0.389 e. The van der Waals surface area contributed by atoms with E-state index in [0.29, 0.717) is 6.54 Å². The number of carbonyl (C=O) groups is 1. The summed E-state index contributed by atoms with van der Waals surface area (Å²) in [5, 5.41) is 12.6. The lowest BCUT2D eigenvalue weighted by molar-refractivity contribution is -0.128. The molecule has 0 aliphatic carbocycles. The van der Waals surface area contributed by atoms with Crippen molar-refractivity contribution in [1.29, 1.82) is 0 Å². The number of likely N-dealkylation sites (tertiary alicyclic amines) is 1. The fourth-order valence-electron chi connectivity index (χ4n) is 2.04. The molecule has 16 heavy (non-hydrogen) atoms. The largest absolute Gasteiger partial charge is 0.389 e. The number of amides is 1. The third kappa shape index (κ3) is 3.51. The molecule has 4 heteroatoms. The van der Waals surface area contributed by atoms with Gasteiger partial charge in [-0.1, -0.05) is 5.92 Å². The number of terminal acetylenes is 1. The van der Waals surface area contributed by atoms with Crippen molar-refractivity contribution in [3.05, 3.63) is 0 Å². The lowest BCUT2D eigenvalue weighted by Gasteiger charge is -2.39. The van der Waals surface area contributed by atoms with Crippen LogP contribution in [-0.2, 0) is 4.79 Å². The first-order valence-electron chi connectivity index (χ1n) is 5.64. The van der Waals surface area contributed by atoms with Gasteiger partial charge in [-0.05, 0) is 33.2 Å². The smallest absolute Gasteiger partial charge is 0.237 e. The van der Waals surface area contributed by atoms with Gasteiger partial charge in [0.25, 0.3) is 0 Å². The molecule has 0 bridgehead atoms. The van der Waals surface area contributed by atoms with E-state index < -0.39 is 5.60 Å². The second-order valence-corrected chi connectivity index (χ2v) is 4.67. The van der Waals surface area contributed by atoms with Gasteiger partial charge in [-0.3, -0.25) is 9.69 Å². The Hall–Kier alpha value is -1.05. The molecule has 0 aromatic heterocycles. The van der Waals surface area contributed by atoms with Crippen LogP contribution in [-0.4, -0.2) is 47.2 Å². The molecule has 1 aliphatic heterocycles. The van der Waals surface area contributed by atoms with Gasteiger partial charge in [0.05, 0.1) is 18.2 Å². The highest BCUT2D eigenvalue weighted by Crippen LogP contribution is 2.21. The number of piperidine rings is 1. The molecular formula is C12H20N2O2. The number of carbonyl (C=O) groups excluding carboxylic acids is 1. The van der Waals surface area contributed by atoms with Gasteiger partial charge in [0, 0.05) is 6.54 Å². The molecule has 0 radical (unpaired) electrons. The van der Waals surface area contributed by atoms with E-state index in [1.165, 1.54) is 0 Å². The number of nitrogens with zero attached hydrogens (tertiary/aromatic N) is 1. The summed E-state index contributed by atoms with van der Waals surface area (Å²) in [6.07, 6.45) is 6.79. The normalized spacial score (nSPS) is 28.1. The SMILES string of the molecule is C#CCNC(=O)C(C)N1CCCC(C)(O)C1. The minimum atomic E-state index is -0.682. The second-order valence-electron chi connectivity index (χ2n) is 4.67. The van der Waals surface area contributed by atoms with Crippen LogP contribution in [0.1, 0.15) is 26.7 Å². The predicted molar refractivity (Wildman–Crippen MR) is 62.7 cm³/mol. The maximum absolute atomic E-state index is 11.7. The van der Waals surface area contributed by atoms with Crippen LogP contribution in [0.25, 0.3) is 0 Å². The topological polar surface area (TPSA) is 52.6 Å². The van der Waals surface area contributed by atoms with E-state index in [4.69, 9.17) is 6.42 Å². The van der Waals surface area contributed by atoms with Gasteiger partial charge in [0.15, 0.2) is 0 Å². The molecule has 1 aliphatic rings. The van der Waals surface area contributed by atoms with Gasteiger partial charge in [-0.15, -0.1) is 6.42 Å². The Labute approximate surface area is 97.0 Å². The number of β-amino-alcohol motifs (C(OH)–C–C–N with tert-alkyl or cyclic N) is 1. The van der Waals surface area contributed by atoms with Crippen molar-refractivity contribution in [2.75, 3.05) is 19.6 Å². The summed E-state index contributed by atoms with van der Waals surface area (Å²) in [6, 6.07) is -0.236. The van der Waals surface area contributed by atoms with Crippen molar-refractivity contribution in [3.63, 3.8) is 0 Å². The first kappa shape index (κ1) is 13.0. The Bertz CT molecular complexity index is 294. The maximum Gasteiger partial charge on any atom is 0.237 e. The first-order chi connectivity index (χ1) is 7.46. The average molecular weight is 224 g/mol. The van der Waals surface area contributed by atoms with Crippen LogP contribution < -0.4 is 5.32 Å². The third-order valence-corrected chi connectivity index (χ3v) is 3.00. The van der Waals surface area contributed by atoms with Gasteiger partial charge < -0.3 is 10.4 Å². The monoisotopic (exact) mass is 224 g/mol. The number of nitrogens with one attached hydrogen (secondary N) is 1. The van der Waals surface area contributed by atoms with Gasteiger partial charge in [-0.2, -0.15) is 0 Å². The summed E-state index contributed by atoms with van der Waals surface area (Å²) in [5.41, 5.74) is -0.682. The summed E-state index contributed by atoms with van der Waals surface area (Å²) in [5.74, 6) is 2.30. The van der Waals surface area contributed by atoms with Crippen LogP contribution in [0.2, 0.25) is 0 Å². The molecule has 4 nitrogen and oxygen atoms in total. The molecule has 2 atom stereocenters. The fraction of sp³-hybridized carbons (Fsp3) is 0.750. The molecule has 1 heterocycles. The standard InChI is InChI=1S/C12H20N2O2/c1-4-7-13-11(15)10(2)14-8-5-6-12(3,16)9-14/h1,10,16H,5-9H2,2-3H3,(H,13,15). The molecule has 0 aromatic rings.